The lowest BCUT2D eigenvalue weighted by Gasteiger charge is -2.00. The normalized spacial score (nSPS) is 12.5. The topological polar surface area (TPSA) is 70.8 Å². The van der Waals surface area contributed by atoms with Crippen LogP contribution >= 0.6 is 0 Å². The van der Waals surface area contributed by atoms with Crippen LogP contribution in [0.1, 0.15) is 18.5 Å². The molecule has 0 amide bonds. The Morgan fingerprint density at radius 2 is 1.92 bits per heavy atom. The van der Waals surface area contributed by atoms with Crippen molar-refractivity contribution in [2.45, 2.75) is 13.0 Å². The van der Waals surface area contributed by atoms with Crippen LogP contribution in [-0.2, 0) is 0 Å². The van der Waals surface area contributed by atoms with Crippen LogP contribution in [0.2, 0.25) is 0 Å². The Kier molecular flexibility index (Phi) is 2.40. The largest absolute Gasteiger partial charge is 0.352 e. The lowest BCUT2D eigenvalue weighted by atomic mass is 10.1. The molecule has 0 aliphatic heterocycles. The predicted molar refractivity (Wildman–Crippen MR) is 44.4 cm³/mol. The lowest BCUT2D eigenvalue weighted by Crippen LogP contribution is -2.51. The lowest BCUT2D eigenvalue weighted by molar-refractivity contribution is -0.420. The Balaban J connectivity index is 2.93. The van der Waals surface area contributed by atoms with Gasteiger partial charge in [0.25, 0.3) is 5.69 Å². The van der Waals surface area contributed by atoms with E-state index >= 15 is 0 Å². The van der Waals surface area contributed by atoms with Gasteiger partial charge >= 0.3 is 0 Å². The van der Waals surface area contributed by atoms with Crippen LogP contribution in [0.4, 0.5) is 5.69 Å². The summed E-state index contributed by atoms with van der Waals surface area (Å²) in [5.41, 5.74) is 4.95. The molecule has 0 saturated carbocycles. The third-order valence-corrected chi connectivity index (χ3v) is 1.67. The number of hydrogen-bond acceptors (Lipinski definition) is 2. The van der Waals surface area contributed by atoms with Crippen LogP contribution < -0.4 is 5.73 Å². The van der Waals surface area contributed by atoms with E-state index in [2.05, 4.69) is 5.73 Å². The van der Waals surface area contributed by atoms with E-state index in [1.54, 1.807) is 12.1 Å². The summed E-state index contributed by atoms with van der Waals surface area (Å²) in [6, 6.07) is 6.63. The standard InChI is InChI=1S/C8H10N2O2/c1-6(9)7-2-4-8(5-3-7)10(11)12/h2-6H,9H2,1H3/p+1/t6-/m0/s1. The number of hydrogen-bond donors (Lipinski definition) is 1. The Labute approximate surface area is 70.2 Å². The van der Waals surface area contributed by atoms with E-state index < -0.39 is 4.92 Å². The van der Waals surface area contributed by atoms with Crippen LogP contribution in [-0.4, -0.2) is 4.92 Å². The second kappa shape index (κ2) is 3.32. The number of nitrogens with zero attached hydrogens (tertiary/aromatic N) is 1. The molecule has 0 radical (unpaired) electrons. The van der Waals surface area contributed by atoms with E-state index in [1.807, 2.05) is 6.92 Å². The van der Waals surface area contributed by atoms with Gasteiger partial charge < -0.3 is 5.73 Å². The van der Waals surface area contributed by atoms with Gasteiger partial charge in [-0.05, 0) is 19.1 Å². The van der Waals surface area contributed by atoms with E-state index in [9.17, 15) is 10.1 Å². The first-order chi connectivity index (χ1) is 5.61. The van der Waals surface area contributed by atoms with Crippen LogP contribution in [0, 0.1) is 10.1 Å². The summed E-state index contributed by atoms with van der Waals surface area (Å²) in [4.78, 5) is 9.87. The number of rotatable bonds is 2. The van der Waals surface area contributed by atoms with E-state index in [0.717, 1.165) is 5.56 Å². The molecule has 4 nitrogen and oxygen atoms in total. The molecular formula is C8H11N2O2+. The van der Waals surface area contributed by atoms with Gasteiger partial charge in [0.15, 0.2) is 0 Å². The van der Waals surface area contributed by atoms with Gasteiger partial charge in [-0.15, -0.1) is 0 Å². The van der Waals surface area contributed by atoms with Crippen molar-refractivity contribution in [3.8, 4) is 0 Å². The van der Waals surface area contributed by atoms with Crippen LogP contribution in [0.5, 0.6) is 0 Å². The van der Waals surface area contributed by atoms with E-state index in [1.165, 1.54) is 12.1 Å². The summed E-state index contributed by atoms with van der Waals surface area (Å²) in [7, 11) is 0. The van der Waals surface area contributed by atoms with Crippen molar-refractivity contribution < 1.29 is 10.7 Å². The van der Waals surface area contributed by atoms with E-state index in [4.69, 9.17) is 0 Å². The number of nitro benzene ring substituents is 1. The van der Waals surface area contributed by atoms with Crippen molar-refractivity contribution in [3.05, 3.63) is 39.9 Å². The number of quaternary nitrogens is 1. The Hall–Kier alpha value is -1.42. The number of non-ortho nitro benzene ring substituents is 1. The van der Waals surface area contributed by atoms with Crippen molar-refractivity contribution in [2.75, 3.05) is 0 Å². The van der Waals surface area contributed by atoms with Gasteiger partial charge in [0.1, 0.15) is 6.04 Å². The van der Waals surface area contributed by atoms with Gasteiger partial charge in [0, 0.05) is 17.7 Å². The molecule has 0 fully saturated rings. The molecule has 0 saturated heterocycles. The molecule has 0 unspecified atom stereocenters. The first kappa shape index (κ1) is 8.67. The molecule has 0 aromatic heterocycles. The zero-order chi connectivity index (χ0) is 9.14. The molecule has 0 heterocycles. The summed E-state index contributed by atoms with van der Waals surface area (Å²) in [6.07, 6.45) is 0. The molecule has 64 valence electrons. The summed E-state index contributed by atoms with van der Waals surface area (Å²) in [6.45, 7) is 1.95. The highest BCUT2D eigenvalue weighted by atomic mass is 16.6. The molecule has 0 aliphatic rings. The number of benzene rings is 1. The van der Waals surface area contributed by atoms with E-state index in [-0.39, 0.29) is 11.7 Å². The second-order valence-electron chi connectivity index (χ2n) is 2.75. The Morgan fingerprint density at radius 1 is 1.42 bits per heavy atom. The molecule has 0 bridgehead atoms. The molecule has 12 heavy (non-hydrogen) atoms. The van der Waals surface area contributed by atoms with Crippen LogP contribution in [0.25, 0.3) is 0 Å². The quantitative estimate of drug-likeness (QED) is 0.525. The monoisotopic (exact) mass is 167 g/mol. The Bertz CT molecular complexity index is 280. The molecular weight excluding hydrogens is 156 g/mol. The van der Waals surface area contributed by atoms with Crippen LogP contribution in [0.3, 0.4) is 0 Å². The van der Waals surface area contributed by atoms with Gasteiger partial charge in [-0.2, -0.15) is 0 Å². The average Bonchev–Trinajstić information content (AvgIpc) is 2.04. The fraction of sp³-hybridized carbons (Fsp3) is 0.250. The fourth-order valence-electron chi connectivity index (χ4n) is 0.925. The van der Waals surface area contributed by atoms with Crippen LogP contribution in [0.15, 0.2) is 24.3 Å². The first-order valence-electron chi connectivity index (χ1n) is 3.68. The Morgan fingerprint density at radius 3 is 2.25 bits per heavy atom. The summed E-state index contributed by atoms with van der Waals surface area (Å²) < 4.78 is 0. The maximum Gasteiger partial charge on any atom is 0.269 e. The van der Waals surface area contributed by atoms with Crippen molar-refractivity contribution in [2.24, 2.45) is 0 Å². The van der Waals surface area contributed by atoms with Gasteiger partial charge in [0.2, 0.25) is 0 Å². The summed E-state index contributed by atoms with van der Waals surface area (Å²) in [5, 5.41) is 10.3. The van der Waals surface area contributed by atoms with Gasteiger partial charge in [-0.1, -0.05) is 0 Å². The third-order valence-electron chi connectivity index (χ3n) is 1.67. The van der Waals surface area contributed by atoms with Gasteiger partial charge in [-0.25, -0.2) is 0 Å². The highest BCUT2D eigenvalue weighted by Crippen LogP contribution is 2.14. The number of nitro groups is 1. The summed E-state index contributed by atoms with van der Waals surface area (Å²) >= 11 is 0. The minimum atomic E-state index is -0.405. The van der Waals surface area contributed by atoms with Gasteiger partial charge in [-0.3, -0.25) is 10.1 Å². The van der Waals surface area contributed by atoms with Crippen molar-refractivity contribution >= 4 is 5.69 Å². The minimum Gasteiger partial charge on any atom is -0.352 e. The van der Waals surface area contributed by atoms with Crippen molar-refractivity contribution in [3.63, 3.8) is 0 Å². The molecule has 0 spiro atoms. The second-order valence-corrected chi connectivity index (χ2v) is 2.75. The maximum absolute atomic E-state index is 10.3. The fourth-order valence-corrected chi connectivity index (χ4v) is 0.925. The zero-order valence-corrected chi connectivity index (χ0v) is 6.86. The summed E-state index contributed by atoms with van der Waals surface area (Å²) in [5.74, 6) is 0. The minimum absolute atomic E-state index is 0.124. The highest BCUT2D eigenvalue weighted by molar-refractivity contribution is 5.33. The SMILES string of the molecule is C[C@H]([NH3+])c1ccc([N+](=O)[O-])cc1. The average molecular weight is 167 g/mol. The van der Waals surface area contributed by atoms with Gasteiger partial charge in [0.05, 0.1) is 4.92 Å². The third kappa shape index (κ3) is 1.79. The molecule has 3 N–H and O–H groups in total. The maximum atomic E-state index is 10.3. The van der Waals surface area contributed by atoms with Crippen molar-refractivity contribution in [1.82, 2.24) is 0 Å². The molecule has 0 aliphatic carbocycles. The predicted octanol–water partition coefficient (Wildman–Crippen LogP) is 0.898. The molecule has 1 atom stereocenters. The highest BCUT2D eigenvalue weighted by Gasteiger charge is 2.06. The smallest absolute Gasteiger partial charge is 0.269 e. The van der Waals surface area contributed by atoms with Crippen molar-refractivity contribution in [1.29, 1.82) is 0 Å². The molecule has 1 aromatic rings. The molecule has 1 rings (SSSR count). The molecule has 4 heteroatoms. The zero-order valence-electron chi connectivity index (χ0n) is 6.86. The first-order valence-corrected chi connectivity index (χ1v) is 3.68. The molecule has 1 aromatic carbocycles. The van der Waals surface area contributed by atoms with E-state index in [0.29, 0.717) is 0 Å².